The van der Waals surface area contributed by atoms with Gasteiger partial charge in [0.1, 0.15) is 41.9 Å². The van der Waals surface area contributed by atoms with Gasteiger partial charge in [-0.1, -0.05) is 44.9 Å². The fraction of sp³-hybridized carbons (Fsp3) is 0.396. The molecule has 7 rings (SSSR count). The molecule has 1 aliphatic carbocycles. The van der Waals surface area contributed by atoms with E-state index >= 15 is 0 Å². The Bertz CT molecular complexity index is 3500. The second-order valence-corrected chi connectivity index (χ2v) is 26.0. The largest absolute Gasteiger partial charge is 0.748 e. The van der Waals surface area contributed by atoms with E-state index in [0.29, 0.717) is 102 Å². The highest BCUT2D eigenvalue weighted by Gasteiger charge is 2.45. The lowest BCUT2D eigenvalue weighted by Crippen LogP contribution is -2.30. The molecule has 20 nitrogen and oxygen atoms in total. The van der Waals surface area contributed by atoms with Crippen LogP contribution in [0.15, 0.2) is 130 Å². The normalized spacial score (nSPS) is 18.6. The minimum Gasteiger partial charge on any atom is -0.748 e. The van der Waals surface area contributed by atoms with Gasteiger partial charge in [-0.15, -0.1) is 0 Å². The van der Waals surface area contributed by atoms with Crippen LogP contribution in [-0.2, 0) is 72.1 Å². The van der Waals surface area contributed by atoms with Gasteiger partial charge in [-0.05, 0) is 129 Å². The number of ether oxygens (including phenoxy) is 1. The van der Waals surface area contributed by atoms with Crippen molar-refractivity contribution in [1.82, 2.24) is 10.2 Å². The molecule has 1 N–H and O–H groups in total. The van der Waals surface area contributed by atoms with Crippen LogP contribution in [-0.4, -0.2) is 122 Å². The van der Waals surface area contributed by atoms with Gasteiger partial charge >= 0.3 is 0 Å². The van der Waals surface area contributed by atoms with Gasteiger partial charge in [0.2, 0.25) is 11.6 Å². The quantitative estimate of drug-likeness (QED) is 0.0553. The summed E-state index contributed by atoms with van der Waals surface area (Å²) in [6.45, 7) is 7.30. The van der Waals surface area contributed by atoms with Gasteiger partial charge in [-0.3, -0.25) is 19.3 Å². The van der Waals surface area contributed by atoms with Gasteiger partial charge in [0.25, 0.3) is 11.8 Å². The van der Waals surface area contributed by atoms with Gasteiger partial charge in [-0.2, -0.15) is 4.58 Å². The van der Waals surface area contributed by atoms with Crippen molar-refractivity contribution in [3.05, 3.63) is 136 Å². The Hall–Kier alpha value is -6.12. The number of aryl methyl sites for hydroxylation is 1. The van der Waals surface area contributed by atoms with Crippen molar-refractivity contribution in [2.24, 2.45) is 0 Å². The molecule has 414 valence electrons. The Kier molecular flexibility index (Phi) is 17.5. The van der Waals surface area contributed by atoms with E-state index in [-0.39, 0.29) is 37.2 Å². The molecule has 0 fully saturated rings. The summed E-state index contributed by atoms with van der Waals surface area (Å²) in [4.78, 5) is 38.1. The van der Waals surface area contributed by atoms with Crippen LogP contribution in [0.4, 0.5) is 11.4 Å². The first-order chi connectivity index (χ1) is 35.9. The van der Waals surface area contributed by atoms with Gasteiger partial charge in [0.15, 0.2) is 12.3 Å². The number of fused-ring (bicyclic) bond motifs is 2. The summed E-state index contributed by atoms with van der Waals surface area (Å²) >= 11 is 0. The van der Waals surface area contributed by atoms with Crippen molar-refractivity contribution in [2.75, 3.05) is 42.6 Å². The summed E-state index contributed by atoms with van der Waals surface area (Å²) in [5.74, 6) is -1.52. The number of unbranched alkanes of at least 4 members (excludes halogenated alkanes) is 3. The second-order valence-electron chi connectivity index (χ2n) is 20.2. The van der Waals surface area contributed by atoms with Crippen molar-refractivity contribution in [2.45, 2.75) is 106 Å². The number of allylic oxidation sites excluding steroid dienone is 7. The summed E-state index contributed by atoms with van der Waals surface area (Å²) in [7, 11) is -19.2. The number of carbonyl (C=O) groups excluding carboxylic acids is 3. The molecular weight excluding hydrogens is 1080 g/mol. The topological polar surface area (TPSA) is 311 Å². The number of nitrogens with one attached hydrogen (secondary N) is 1. The summed E-state index contributed by atoms with van der Waals surface area (Å²) in [6, 6.07) is 14.6. The Morgan fingerprint density at radius 3 is 1.96 bits per heavy atom. The molecule has 24 heteroatoms. The predicted molar refractivity (Wildman–Crippen MR) is 280 cm³/mol. The average molecular weight is 1140 g/mol. The van der Waals surface area contributed by atoms with E-state index < -0.39 is 72.6 Å². The molecule has 0 unspecified atom stereocenters. The Labute approximate surface area is 449 Å². The van der Waals surface area contributed by atoms with E-state index in [4.69, 9.17) is 4.74 Å². The average Bonchev–Trinajstić information content (AvgIpc) is 3.90. The van der Waals surface area contributed by atoms with Crippen LogP contribution >= 0.6 is 0 Å². The van der Waals surface area contributed by atoms with E-state index in [1.807, 2.05) is 12.1 Å². The number of anilines is 1. The van der Waals surface area contributed by atoms with Crippen molar-refractivity contribution >= 4 is 75.3 Å². The SMILES string of the molecule is CC1(C)C(/C=C/C2=C(Oc3ccc(CCC(=O)NCCCCCCN4C(=O)C=CC4=O)cc3)C(=C/C=C3/N(CCS(=O)(=O)[O-])c4ccc(S(=O)(=O)[O-])cc4C3(C)C)/CCC2)=[N+](CCS(=O)(=O)[O-])c2ccc(S(=O)(=O)[O-])cc21. The Morgan fingerprint density at radius 2 is 1.32 bits per heavy atom. The van der Waals surface area contributed by atoms with E-state index in [9.17, 15) is 66.3 Å². The first-order valence-corrected chi connectivity index (χ1v) is 30.8. The van der Waals surface area contributed by atoms with Gasteiger partial charge < -0.3 is 33.2 Å². The van der Waals surface area contributed by atoms with Crippen LogP contribution in [0.2, 0.25) is 0 Å². The molecule has 0 saturated heterocycles. The number of nitrogens with zero attached hydrogens (tertiary/aromatic N) is 3. The first kappa shape index (κ1) is 58.6. The molecule has 3 aliphatic heterocycles. The maximum absolute atomic E-state index is 12.8. The van der Waals surface area contributed by atoms with Crippen molar-refractivity contribution in [1.29, 1.82) is 0 Å². The zero-order chi connectivity index (χ0) is 56.3. The van der Waals surface area contributed by atoms with Crippen molar-refractivity contribution in [3.63, 3.8) is 0 Å². The van der Waals surface area contributed by atoms with E-state index in [2.05, 4.69) is 5.32 Å². The van der Waals surface area contributed by atoms with Gasteiger partial charge in [0.05, 0.1) is 36.8 Å². The minimum absolute atomic E-state index is 0.134. The van der Waals surface area contributed by atoms with Crippen LogP contribution in [0.25, 0.3) is 0 Å². The molecule has 0 spiro atoms. The molecule has 0 aromatic heterocycles. The predicted octanol–water partition coefficient (Wildman–Crippen LogP) is 5.18. The number of amides is 3. The summed E-state index contributed by atoms with van der Waals surface area (Å²) in [5, 5.41) is 2.93. The number of carbonyl (C=O) groups is 3. The number of rotatable bonds is 23. The lowest BCUT2D eigenvalue weighted by atomic mass is 9.81. The smallest absolute Gasteiger partial charge is 0.253 e. The zero-order valence-corrected chi connectivity index (χ0v) is 46.1. The standard InChI is InChI=1S/C53H62N4O16S4/c1-52(2)42-34-40(76(67,68)69)19-21-44(42)55(30-32-74(61,62)63)46(52)23-15-37-10-9-11-38(16-24-47-53(3,4)43-35-41(77(70,71)72)20-22-45(43)56(47)31-33-75(64,65)66)51(37)73-39-17-12-36(13-18-39)14-25-48(58)54-28-7-5-6-8-29-57-49(59)26-27-50(57)60/h12-13,15-24,26-27,34-35H,5-11,14,25,28-33H2,1-4H3,(H4-,54,58,61,62,63,64,65,66,67,68,69,70,71,72)/p-3. The number of hydrogen-bond acceptors (Lipinski definition) is 17. The van der Waals surface area contributed by atoms with E-state index in [1.54, 1.807) is 73.6 Å². The maximum Gasteiger partial charge on any atom is 0.253 e. The lowest BCUT2D eigenvalue weighted by molar-refractivity contribution is -0.432. The summed E-state index contributed by atoms with van der Waals surface area (Å²) in [5.41, 5.74) is 2.67. The third kappa shape index (κ3) is 14.3. The maximum atomic E-state index is 12.8. The first-order valence-electron chi connectivity index (χ1n) is 24.8. The molecule has 0 bridgehead atoms. The molecule has 0 atom stereocenters. The Morgan fingerprint density at radius 1 is 0.701 bits per heavy atom. The molecular formula is C53H59N4O16S4-3. The minimum atomic E-state index is -4.89. The fourth-order valence-corrected chi connectivity index (χ4v) is 11.8. The molecule has 3 aromatic carbocycles. The molecule has 0 radical (unpaired) electrons. The van der Waals surface area contributed by atoms with Crippen LogP contribution in [0.5, 0.6) is 5.75 Å². The van der Waals surface area contributed by atoms with Gasteiger partial charge in [-0.25, -0.2) is 33.7 Å². The summed E-state index contributed by atoms with van der Waals surface area (Å²) < 4.78 is 153. The fourth-order valence-electron chi connectivity index (χ4n) is 10.0. The van der Waals surface area contributed by atoms with E-state index in [0.717, 1.165) is 37.0 Å². The monoisotopic (exact) mass is 1140 g/mol. The highest BCUT2D eigenvalue weighted by Crippen LogP contribution is 2.49. The summed E-state index contributed by atoms with van der Waals surface area (Å²) in [6.07, 6.45) is 14.6. The molecule has 4 aliphatic rings. The van der Waals surface area contributed by atoms with Crippen molar-refractivity contribution in [3.8, 4) is 5.75 Å². The lowest BCUT2D eigenvalue weighted by Gasteiger charge is -2.28. The van der Waals surface area contributed by atoms with Crippen LogP contribution < -0.4 is 15.0 Å². The number of imide groups is 1. The second kappa shape index (κ2) is 23.1. The van der Waals surface area contributed by atoms with Crippen LogP contribution in [0.1, 0.15) is 95.8 Å². The molecule has 77 heavy (non-hydrogen) atoms. The molecule has 3 heterocycles. The molecule has 3 aromatic rings. The third-order valence-electron chi connectivity index (χ3n) is 14.1. The number of benzene rings is 3. The molecule has 3 amide bonds. The number of hydrogen-bond donors (Lipinski definition) is 1. The third-order valence-corrected chi connectivity index (χ3v) is 17.1. The van der Waals surface area contributed by atoms with Crippen LogP contribution in [0, 0.1) is 0 Å². The van der Waals surface area contributed by atoms with E-state index in [1.165, 1.54) is 41.3 Å². The highest BCUT2D eigenvalue weighted by molar-refractivity contribution is 7.86. The molecule has 0 saturated carbocycles. The Balaban J connectivity index is 1.19. The highest BCUT2D eigenvalue weighted by atomic mass is 32.2. The van der Waals surface area contributed by atoms with Crippen LogP contribution in [0.3, 0.4) is 0 Å². The zero-order valence-electron chi connectivity index (χ0n) is 42.9. The van der Waals surface area contributed by atoms with Gasteiger partial charge in [0, 0.05) is 72.7 Å². The van der Waals surface area contributed by atoms with Crippen molar-refractivity contribution < 1.29 is 75.6 Å².